The first kappa shape index (κ1) is 16.6. The minimum atomic E-state index is 0.275. The molecule has 21 heavy (non-hydrogen) atoms. The van der Waals surface area contributed by atoms with Crippen LogP contribution in [0.1, 0.15) is 24.0 Å². The maximum absolute atomic E-state index is 6.35. The maximum atomic E-state index is 6.35. The molecule has 0 saturated carbocycles. The van der Waals surface area contributed by atoms with Crippen molar-refractivity contribution in [3.8, 4) is 0 Å². The van der Waals surface area contributed by atoms with Gasteiger partial charge in [-0.2, -0.15) is 0 Å². The van der Waals surface area contributed by atoms with Crippen molar-refractivity contribution < 1.29 is 0 Å². The van der Waals surface area contributed by atoms with Crippen LogP contribution in [-0.2, 0) is 6.42 Å². The smallest absolute Gasteiger partial charge is 0.0453 e. The van der Waals surface area contributed by atoms with Crippen LogP contribution in [0.4, 0.5) is 0 Å². The molecule has 0 saturated heterocycles. The Morgan fingerprint density at radius 3 is 2.43 bits per heavy atom. The lowest BCUT2D eigenvalue weighted by Crippen LogP contribution is -2.23. The van der Waals surface area contributed by atoms with Crippen molar-refractivity contribution in [1.29, 1.82) is 0 Å². The van der Waals surface area contributed by atoms with Gasteiger partial charge in [-0.1, -0.05) is 66.0 Å². The molecular formula is C17H18Cl3N. The lowest BCUT2D eigenvalue weighted by atomic mass is 9.91. The Balaban J connectivity index is 2.26. The molecule has 0 bridgehead atoms. The van der Waals surface area contributed by atoms with Gasteiger partial charge in [0, 0.05) is 27.5 Å². The van der Waals surface area contributed by atoms with Gasteiger partial charge in [0.1, 0.15) is 0 Å². The van der Waals surface area contributed by atoms with Crippen LogP contribution in [0.25, 0.3) is 0 Å². The molecule has 0 heterocycles. The maximum Gasteiger partial charge on any atom is 0.0453 e. The van der Waals surface area contributed by atoms with Gasteiger partial charge in [-0.05, 0) is 42.3 Å². The second kappa shape index (κ2) is 8.05. The summed E-state index contributed by atoms with van der Waals surface area (Å²) in [5, 5.41) is 5.56. The normalized spacial score (nSPS) is 12.4. The van der Waals surface area contributed by atoms with E-state index in [0.29, 0.717) is 10.0 Å². The molecule has 2 aromatic carbocycles. The van der Waals surface area contributed by atoms with Crippen molar-refractivity contribution in [3.05, 3.63) is 68.7 Å². The number of nitrogens with one attached hydrogen (secondary N) is 1. The van der Waals surface area contributed by atoms with E-state index in [1.54, 1.807) is 6.07 Å². The van der Waals surface area contributed by atoms with Crippen LogP contribution in [0.5, 0.6) is 0 Å². The number of hydrogen-bond donors (Lipinski definition) is 1. The van der Waals surface area contributed by atoms with Crippen molar-refractivity contribution in [2.75, 3.05) is 13.1 Å². The highest BCUT2D eigenvalue weighted by atomic mass is 35.5. The summed E-state index contributed by atoms with van der Waals surface area (Å²) >= 11 is 18.6. The monoisotopic (exact) mass is 341 g/mol. The molecule has 0 amide bonds. The summed E-state index contributed by atoms with van der Waals surface area (Å²) in [5.74, 6) is 0.275. The van der Waals surface area contributed by atoms with Crippen molar-refractivity contribution in [3.63, 3.8) is 0 Å². The summed E-state index contributed by atoms with van der Waals surface area (Å²) < 4.78 is 0. The zero-order valence-electron chi connectivity index (χ0n) is 11.9. The van der Waals surface area contributed by atoms with Crippen LogP contribution in [0.15, 0.2) is 42.5 Å². The average Bonchev–Trinajstić information content (AvgIpc) is 2.46. The number of rotatable bonds is 6. The molecule has 0 aliphatic rings. The van der Waals surface area contributed by atoms with Crippen LogP contribution in [-0.4, -0.2) is 13.1 Å². The van der Waals surface area contributed by atoms with Gasteiger partial charge in [0.2, 0.25) is 0 Å². The van der Waals surface area contributed by atoms with Crippen molar-refractivity contribution in [1.82, 2.24) is 5.32 Å². The van der Waals surface area contributed by atoms with Gasteiger partial charge in [-0.25, -0.2) is 0 Å². The zero-order chi connectivity index (χ0) is 15.2. The highest BCUT2D eigenvalue weighted by Gasteiger charge is 2.16. The summed E-state index contributed by atoms with van der Waals surface area (Å²) in [6.45, 7) is 3.88. The second-order valence-corrected chi connectivity index (χ2v) is 6.22. The van der Waals surface area contributed by atoms with Crippen LogP contribution in [0.2, 0.25) is 15.1 Å². The molecule has 1 atom stereocenters. The van der Waals surface area contributed by atoms with Crippen LogP contribution in [0.3, 0.4) is 0 Å². The molecule has 1 nitrogen and oxygen atoms in total. The summed E-state index contributed by atoms with van der Waals surface area (Å²) in [6, 6.07) is 13.6. The lowest BCUT2D eigenvalue weighted by Gasteiger charge is -2.20. The molecule has 0 aromatic heterocycles. The fourth-order valence-electron chi connectivity index (χ4n) is 2.37. The standard InChI is InChI=1S/C17H18Cl3N/c1-2-21-11-13(15-5-3-4-6-16(15)19)9-12-7-8-14(18)10-17(12)20/h3-8,10,13,21H,2,9,11H2,1H3. The van der Waals surface area contributed by atoms with Crippen molar-refractivity contribution in [2.24, 2.45) is 0 Å². The quantitative estimate of drug-likeness (QED) is 0.722. The van der Waals surface area contributed by atoms with E-state index in [4.69, 9.17) is 34.8 Å². The summed E-state index contributed by atoms with van der Waals surface area (Å²) in [6.07, 6.45) is 0.826. The molecule has 1 unspecified atom stereocenters. The van der Waals surface area contributed by atoms with E-state index < -0.39 is 0 Å². The Hall–Kier alpha value is -0.730. The summed E-state index contributed by atoms with van der Waals surface area (Å²) in [5.41, 5.74) is 2.23. The van der Waals surface area contributed by atoms with Crippen LogP contribution >= 0.6 is 34.8 Å². The minimum absolute atomic E-state index is 0.275. The third-order valence-electron chi connectivity index (χ3n) is 3.47. The SMILES string of the molecule is CCNCC(Cc1ccc(Cl)cc1Cl)c1ccccc1Cl. The van der Waals surface area contributed by atoms with Gasteiger partial charge in [-0.15, -0.1) is 0 Å². The molecule has 0 spiro atoms. The number of hydrogen-bond acceptors (Lipinski definition) is 1. The molecule has 2 rings (SSSR count). The van der Waals surface area contributed by atoms with Crippen LogP contribution in [0, 0.1) is 0 Å². The first-order valence-electron chi connectivity index (χ1n) is 7.01. The average molecular weight is 343 g/mol. The fourth-order valence-corrected chi connectivity index (χ4v) is 3.15. The summed E-state index contributed by atoms with van der Waals surface area (Å²) in [7, 11) is 0. The minimum Gasteiger partial charge on any atom is -0.316 e. The Labute approximate surface area is 141 Å². The third kappa shape index (κ3) is 4.62. The topological polar surface area (TPSA) is 12.0 Å². The second-order valence-electron chi connectivity index (χ2n) is 4.97. The largest absolute Gasteiger partial charge is 0.316 e. The predicted molar refractivity (Wildman–Crippen MR) is 92.9 cm³/mol. The Morgan fingerprint density at radius 2 is 1.76 bits per heavy atom. The van der Waals surface area contributed by atoms with E-state index in [1.807, 2.05) is 30.3 Å². The van der Waals surface area contributed by atoms with Gasteiger partial charge < -0.3 is 5.32 Å². The fraction of sp³-hybridized carbons (Fsp3) is 0.294. The molecule has 112 valence electrons. The predicted octanol–water partition coefficient (Wildman–Crippen LogP) is 5.58. The first-order chi connectivity index (χ1) is 10.1. The molecular weight excluding hydrogens is 325 g/mol. The Morgan fingerprint density at radius 1 is 1.00 bits per heavy atom. The van der Waals surface area contributed by atoms with E-state index >= 15 is 0 Å². The van der Waals surface area contributed by atoms with E-state index in [1.165, 1.54) is 0 Å². The number of halogens is 3. The van der Waals surface area contributed by atoms with Gasteiger partial charge in [0.25, 0.3) is 0 Å². The van der Waals surface area contributed by atoms with Gasteiger partial charge in [0.15, 0.2) is 0 Å². The van der Waals surface area contributed by atoms with Crippen LogP contribution < -0.4 is 5.32 Å². The van der Waals surface area contributed by atoms with E-state index in [-0.39, 0.29) is 5.92 Å². The van der Waals surface area contributed by atoms with Gasteiger partial charge in [-0.3, -0.25) is 0 Å². The molecule has 0 aliphatic carbocycles. The number of likely N-dealkylation sites (N-methyl/N-ethyl adjacent to an activating group) is 1. The van der Waals surface area contributed by atoms with E-state index in [9.17, 15) is 0 Å². The first-order valence-corrected chi connectivity index (χ1v) is 8.14. The van der Waals surface area contributed by atoms with Gasteiger partial charge in [0.05, 0.1) is 0 Å². The Bertz CT molecular complexity index is 598. The Kier molecular flexibility index (Phi) is 6.38. The lowest BCUT2D eigenvalue weighted by molar-refractivity contribution is 0.595. The van der Waals surface area contributed by atoms with Crippen molar-refractivity contribution in [2.45, 2.75) is 19.3 Å². The molecule has 0 aliphatic heterocycles. The van der Waals surface area contributed by atoms with Gasteiger partial charge >= 0.3 is 0 Å². The van der Waals surface area contributed by atoms with E-state index in [2.05, 4.69) is 18.3 Å². The zero-order valence-corrected chi connectivity index (χ0v) is 14.1. The molecule has 1 N–H and O–H groups in total. The number of benzene rings is 2. The van der Waals surface area contributed by atoms with E-state index in [0.717, 1.165) is 35.7 Å². The summed E-state index contributed by atoms with van der Waals surface area (Å²) in [4.78, 5) is 0. The molecule has 0 radical (unpaired) electrons. The molecule has 0 fully saturated rings. The molecule has 2 aromatic rings. The van der Waals surface area contributed by atoms with Crippen molar-refractivity contribution >= 4 is 34.8 Å². The highest BCUT2D eigenvalue weighted by molar-refractivity contribution is 6.35. The highest BCUT2D eigenvalue weighted by Crippen LogP contribution is 2.30. The third-order valence-corrected chi connectivity index (χ3v) is 4.40. The molecule has 4 heteroatoms.